The molecule has 7 nitrogen and oxygen atoms in total. The SMILES string of the molecule is O=C(Cc1csc(COc2ccc(F)cc2)n1)NNC(=O)c1ccccc1-n1cccc1. The summed E-state index contributed by atoms with van der Waals surface area (Å²) in [5.74, 6) is -0.619. The standard InChI is InChI=1S/C23H19FN4O3S/c24-16-7-9-18(10-8-16)31-14-22-25-17(15-32-22)13-21(29)26-27-23(30)19-5-1-2-6-20(19)28-11-3-4-12-28/h1-12,15H,13-14H2,(H,26,29)(H,27,30). The average Bonchev–Trinajstić information content (AvgIpc) is 3.49. The van der Waals surface area contributed by atoms with Crippen molar-refractivity contribution in [3.05, 3.63) is 101 Å². The molecule has 0 spiro atoms. The van der Waals surface area contributed by atoms with Crippen molar-refractivity contribution in [3.63, 3.8) is 0 Å². The zero-order valence-electron chi connectivity index (χ0n) is 16.8. The third kappa shape index (κ3) is 5.38. The smallest absolute Gasteiger partial charge is 0.271 e. The van der Waals surface area contributed by atoms with Crippen LogP contribution in [0, 0.1) is 5.82 Å². The Hall–Kier alpha value is -3.98. The summed E-state index contributed by atoms with van der Waals surface area (Å²) in [7, 11) is 0. The van der Waals surface area contributed by atoms with E-state index in [9.17, 15) is 14.0 Å². The topological polar surface area (TPSA) is 85.2 Å². The van der Waals surface area contributed by atoms with Crippen LogP contribution in [-0.2, 0) is 17.8 Å². The van der Waals surface area contributed by atoms with E-state index in [1.165, 1.54) is 35.6 Å². The maximum Gasteiger partial charge on any atom is 0.271 e. The molecule has 0 fully saturated rings. The number of rotatable bonds is 7. The molecule has 9 heteroatoms. The number of ether oxygens (including phenoxy) is 1. The molecule has 2 aromatic carbocycles. The Kier molecular flexibility index (Phi) is 6.57. The predicted molar refractivity (Wildman–Crippen MR) is 118 cm³/mol. The molecule has 0 unspecified atom stereocenters. The van der Waals surface area contributed by atoms with Crippen molar-refractivity contribution in [3.8, 4) is 11.4 Å². The van der Waals surface area contributed by atoms with Crippen LogP contribution in [0.25, 0.3) is 5.69 Å². The van der Waals surface area contributed by atoms with Crippen LogP contribution in [0.4, 0.5) is 4.39 Å². The van der Waals surface area contributed by atoms with Gasteiger partial charge in [0, 0.05) is 17.8 Å². The fourth-order valence-electron chi connectivity index (χ4n) is 2.96. The molecule has 0 aliphatic rings. The number of para-hydroxylation sites is 1. The predicted octanol–water partition coefficient (Wildman–Crippen LogP) is 3.66. The number of thiazole rings is 1. The highest BCUT2D eigenvalue weighted by Gasteiger charge is 2.14. The first-order valence-electron chi connectivity index (χ1n) is 9.72. The Morgan fingerprint density at radius 1 is 1.00 bits per heavy atom. The van der Waals surface area contributed by atoms with Crippen LogP contribution in [0.15, 0.2) is 78.4 Å². The van der Waals surface area contributed by atoms with Crippen LogP contribution < -0.4 is 15.6 Å². The Morgan fingerprint density at radius 3 is 2.53 bits per heavy atom. The lowest BCUT2D eigenvalue weighted by atomic mass is 10.1. The fraction of sp³-hybridized carbons (Fsp3) is 0.0870. The van der Waals surface area contributed by atoms with Crippen molar-refractivity contribution in [2.24, 2.45) is 0 Å². The third-order valence-electron chi connectivity index (χ3n) is 4.46. The van der Waals surface area contributed by atoms with E-state index in [0.717, 1.165) is 0 Å². The van der Waals surface area contributed by atoms with Gasteiger partial charge in [-0.25, -0.2) is 9.37 Å². The second-order valence-electron chi connectivity index (χ2n) is 6.76. The molecule has 32 heavy (non-hydrogen) atoms. The Bertz CT molecular complexity index is 1210. The van der Waals surface area contributed by atoms with Gasteiger partial charge in [-0.1, -0.05) is 12.1 Å². The van der Waals surface area contributed by atoms with Gasteiger partial charge in [0.25, 0.3) is 5.91 Å². The van der Waals surface area contributed by atoms with E-state index in [-0.39, 0.29) is 18.8 Å². The molecule has 4 aromatic rings. The van der Waals surface area contributed by atoms with Gasteiger partial charge in [-0.3, -0.25) is 20.4 Å². The zero-order valence-corrected chi connectivity index (χ0v) is 17.6. The minimum Gasteiger partial charge on any atom is -0.486 e. The highest BCUT2D eigenvalue weighted by molar-refractivity contribution is 7.09. The summed E-state index contributed by atoms with van der Waals surface area (Å²) in [6, 6.07) is 16.5. The second kappa shape index (κ2) is 9.88. The van der Waals surface area contributed by atoms with Gasteiger partial charge in [0.2, 0.25) is 5.91 Å². The third-order valence-corrected chi connectivity index (χ3v) is 5.33. The number of carbonyl (C=O) groups excluding carboxylic acids is 2. The van der Waals surface area contributed by atoms with Crippen LogP contribution in [0.3, 0.4) is 0 Å². The minimum absolute atomic E-state index is 0.00652. The number of amides is 2. The first-order valence-corrected chi connectivity index (χ1v) is 10.6. The minimum atomic E-state index is -0.422. The van der Waals surface area contributed by atoms with Crippen molar-refractivity contribution in [2.75, 3.05) is 0 Å². The maximum absolute atomic E-state index is 12.9. The summed E-state index contributed by atoms with van der Waals surface area (Å²) < 4.78 is 20.3. The zero-order chi connectivity index (χ0) is 22.3. The van der Waals surface area contributed by atoms with Gasteiger partial charge in [-0.2, -0.15) is 0 Å². The van der Waals surface area contributed by atoms with E-state index in [2.05, 4.69) is 15.8 Å². The summed E-state index contributed by atoms with van der Waals surface area (Å²) >= 11 is 1.36. The number of carbonyl (C=O) groups is 2. The van der Waals surface area contributed by atoms with Gasteiger partial charge in [-0.05, 0) is 48.5 Å². The van der Waals surface area contributed by atoms with Crippen LogP contribution in [0.5, 0.6) is 5.75 Å². The number of halogens is 1. The van der Waals surface area contributed by atoms with Crippen LogP contribution in [0.1, 0.15) is 21.1 Å². The molecule has 0 bridgehead atoms. The Morgan fingerprint density at radius 2 is 1.75 bits per heavy atom. The van der Waals surface area contributed by atoms with E-state index < -0.39 is 11.8 Å². The molecule has 2 aromatic heterocycles. The van der Waals surface area contributed by atoms with Crippen LogP contribution in [-0.4, -0.2) is 21.4 Å². The molecule has 162 valence electrons. The lowest BCUT2D eigenvalue weighted by Gasteiger charge is -2.11. The van der Waals surface area contributed by atoms with Crippen molar-refractivity contribution in [1.29, 1.82) is 0 Å². The quantitative estimate of drug-likeness (QED) is 0.421. The summed E-state index contributed by atoms with van der Waals surface area (Å²) in [5.41, 5.74) is 6.57. The molecule has 2 heterocycles. The highest BCUT2D eigenvalue weighted by Crippen LogP contribution is 2.17. The maximum atomic E-state index is 12.9. The fourth-order valence-corrected chi connectivity index (χ4v) is 3.67. The molecule has 0 aliphatic carbocycles. The first kappa shape index (κ1) is 21.3. The van der Waals surface area contributed by atoms with Crippen molar-refractivity contribution in [2.45, 2.75) is 13.0 Å². The second-order valence-corrected chi connectivity index (χ2v) is 7.70. The van der Waals surface area contributed by atoms with E-state index in [0.29, 0.717) is 27.7 Å². The summed E-state index contributed by atoms with van der Waals surface area (Å²) in [6.07, 6.45) is 3.68. The molecule has 4 rings (SSSR count). The van der Waals surface area contributed by atoms with Gasteiger partial charge < -0.3 is 9.30 Å². The van der Waals surface area contributed by atoms with Crippen molar-refractivity contribution < 1.29 is 18.7 Å². The monoisotopic (exact) mass is 450 g/mol. The number of hydrogen-bond donors (Lipinski definition) is 2. The number of nitrogens with one attached hydrogen (secondary N) is 2. The first-order chi connectivity index (χ1) is 15.6. The molecule has 0 radical (unpaired) electrons. The lowest BCUT2D eigenvalue weighted by Crippen LogP contribution is -2.42. The van der Waals surface area contributed by atoms with Gasteiger partial charge in [0.1, 0.15) is 23.2 Å². The number of hydrazine groups is 1. The Balaban J connectivity index is 1.28. The highest BCUT2D eigenvalue weighted by atomic mass is 32.1. The molecule has 0 saturated heterocycles. The normalized spacial score (nSPS) is 10.5. The summed E-state index contributed by atoms with van der Waals surface area (Å²) in [4.78, 5) is 29.2. The van der Waals surface area contributed by atoms with Gasteiger partial charge >= 0.3 is 0 Å². The molecule has 2 amide bonds. The number of nitrogens with zero attached hydrogens (tertiary/aromatic N) is 2. The molecule has 0 saturated carbocycles. The number of hydrogen-bond acceptors (Lipinski definition) is 5. The van der Waals surface area contributed by atoms with Crippen molar-refractivity contribution >= 4 is 23.2 Å². The summed E-state index contributed by atoms with van der Waals surface area (Å²) in [6.45, 7) is 0.213. The van der Waals surface area contributed by atoms with Crippen LogP contribution >= 0.6 is 11.3 Å². The number of benzene rings is 2. The molecule has 0 atom stereocenters. The largest absolute Gasteiger partial charge is 0.486 e. The van der Waals surface area contributed by atoms with Gasteiger partial charge in [-0.15, -0.1) is 11.3 Å². The molecular weight excluding hydrogens is 431 g/mol. The van der Waals surface area contributed by atoms with E-state index in [4.69, 9.17) is 4.74 Å². The number of aromatic nitrogens is 2. The Labute approximate surface area is 187 Å². The van der Waals surface area contributed by atoms with E-state index >= 15 is 0 Å². The summed E-state index contributed by atoms with van der Waals surface area (Å²) in [5, 5.41) is 2.44. The van der Waals surface area contributed by atoms with E-state index in [1.807, 2.05) is 41.2 Å². The molecule has 0 aliphatic heterocycles. The van der Waals surface area contributed by atoms with Crippen LogP contribution in [0.2, 0.25) is 0 Å². The lowest BCUT2D eigenvalue weighted by molar-refractivity contribution is -0.121. The van der Waals surface area contributed by atoms with E-state index in [1.54, 1.807) is 17.5 Å². The van der Waals surface area contributed by atoms with Gasteiger partial charge in [0.15, 0.2) is 0 Å². The van der Waals surface area contributed by atoms with Gasteiger partial charge in [0.05, 0.1) is 23.4 Å². The average molecular weight is 450 g/mol. The van der Waals surface area contributed by atoms with Crippen molar-refractivity contribution in [1.82, 2.24) is 20.4 Å². The molecular formula is C23H19FN4O3S. The molecule has 2 N–H and O–H groups in total.